The molecule has 0 saturated carbocycles. The Hall–Kier alpha value is -6.95. The van der Waals surface area contributed by atoms with E-state index in [4.69, 9.17) is 15.0 Å². The Balaban J connectivity index is 1.14. The lowest BCUT2D eigenvalue weighted by atomic mass is 10.0. The molecule has 5 heteroatoms. The second kappa shape index (κ2) is 12.3. The van der Waals surface area contributed by atoms with Crippen LogP contribution in [0, 0.1) is 0 Å². The van der Waals surface area contributed by atoms with E-state index in [2.05, 4.69) is 180 Å². The highest BCUT2D eigenvalue weighted by Crippen LogP contribution is 2.40. The number of thiophene rings is 1. The fourth-order valence-electron chi connectivity index (χ4n) is 7.90. The van der Waals surface area contributed by atoms with E-state index in [1.165, 1.54) is 41.7 Å². The van der Waals surface area contributed by atoms with Crippen LogP contribution in [0.4, 0.5) is 0 Å². The van der Waals surface area contributed by atoms with Gasteiger partial charge in [0.05, 0.1) is 11.0 Å². The number of hydrogen-bond acceptors (Lipinski definition) is 4. The summed E-state index contributed by atoms with van der Waals surface area (Å²) in [6, 6.07) is 64.4. The summed E-state index contributed by atoms with van der Waals surface area (Å²) in [4.78, 5) is 15.7. The van der Waals surface area contributed by atoms with Crippen LogP contribution in [0.3, 0.4) is 0 Å². The first-order valence-electron chi connectivity index (χ1n) is 18.1. The number of rotatable bonds is 5. The maximum Gasteiger partial charge on any atom is 0.164 e. The fraction of sp³-hybridized carbons (Fsp3) is 0. The van der Waals surface area contributed by atoms with Gasteiger partial charge < -0.3 is 4.57 Å². The number of fused-ring (bicyclic) bond motifs is 7. The van der Waals surface area contributed by atoms with Gasteiger partial charge in [-0.05, 0) is 70.4 Å². The zero-order valence-electron chi connectivity index (χ0n) is 29.0. The van der Waals surface area contributed by atoms with Gasteiger partial charge in [-0.2, -0.15) is 0 Å². The van der Waals surface area contributed by atoms with Crippen LogP contribution in [-0.2, 0) is 0 Å². The summed E-state index contributed by atoms with van der Waals surface area (Å²) >= 11 is 1.80. The topological polar surface area (TPSA) is 43.6 Å². The Morgan fingerprint density at radius 2 is 0.981 bits per heavy atom. The van der Waals surface area contributed by atoms with E-state index in [0.29, 0.717) is 17.5 Å². The Kier molecular flexibility index (Phi) is 7.00. The van der Waals surface area contributed by atoms with E-state index in [0.717, 1.165) is 44.5 Å². The highest BCUT2D eigenvalue weighted by atomic mass is 32.1. The predicted octanol–water partition coefficient (Wildman–Crippen LogP) is 13.2. The van der Waals surface area contributed by atoms with Gasteiger partial charge in [0, 0.05) is 53.3 Å². The van der Waals surface area contributed by atoms with E-state index in [-0.39, 0.29) is 0 Å². The Labute approximate surface area is 315 Å². The molecule has 0 aliphatic rings. The number of aromatic nitrogens is 4. The molecule has 0 aliphatic heterocycles. The summed E-state index contributed by atoms with van der Waals surface area (Å²) < 4.78 is 4.83. The normalized spacial score (nSPS) is 11.7. The van der Waals surface area contributed by atoms with E-state index in [1.54, 1.807) is 11.3 Å². The molecule has 11 rings (SSSR count). The summed E-state index contributed by atoms with van der Waals surface area (Å²) in [6.45, 7) is 0. The monoisotopic (exact) mass is 706 g/mol. The molecule has 3 heterocycles. The zero-order chi connectivity index (χ0) is 35.6. The van der Waals surface area contributed by atoms with Crippen molar-refractivity contribution in [2.75, 3.05) is 0 Å². The first kappa shape index (κ1) is 30.7. The van der Waals surface area contributed by atoms with Crippen LogP contribution in [-0.4, -0.2) is 19.5 Å². The van der Waals surface area contributed by atoms with Crippen molar-refractivity contribution >= 4 is 64.1 Å². The standard InChI is InChI=1S/C49H30N4S/c1-2-13-31(14-3-1)32-17-10-18-35(27-32)47-50-48(52-49(51-47)40-23-12-26-45-46(40)39-22-7-9-25-44(39)54-45)36-19-11-20-37(28-36)53-42-24-8-6-21-38(42)41-29-33-15-4-5-16-34(33)30-43(41)53/h1-30H. The van der Waals surface area contributed by atoms with Crippen molar-refractivity contribution in [3.63, 3.8) is 0 Å². The second-order valence-corrected chi connectivity index (χ2v) is 14.7. The molecule has 4 nitrogen and oxygen atoms in total. The molecule has 0 amide bonds. The van der Waals surface area contributed by atoms with Gasteiger partial charge in [0.2, 0.25) is 0 Å². The molecule has 11 aromatic rings. The smallest absolute Gasteiger partial charge is 0.164 e. The highest BCUT2D eigenvalue weighted by Gasteiger charge is 2.19. The molecule has 0 N–H and O–H groups in total. The molecule has 54 heavy (non-hydrogen) atoms. The maximum absolute atomic E-state index is 5.28. The molecule has 3 aromatic heterocycles. The van der Waals surface area contributed by atoms with Crippen molar-refractivity contribution in [1.82, 2.24) is 19.5 Å². The van der Waals surface area contributed by atoms with Crippen molar-refractivity contribution < 1.29 is 0 Å². The Morgan fingerprint density at radius 3 is 1.83 bits per heavy atom. The Morgan fingerprint density at radius 1 is 0.370 bits per heavy atom. The van der Waals surface area contributed by atoms with Gasteiger partial charge in [0.1, 0.15) is 0 Å². The van der Waals surface area contributed by atoms with Gasteiger partial charge in [-0.25, -0.2) is 15.0 Å². The van der Waals surface area contributed by atoms with E-state index in [9.17, 15) is 0 Å². The molecule has 0 bridgehead atoms. The summed E-state index contributed by atoms with van der Waals surface area (Å²) in [5, 5.41) is 7.28. The number of hydrogen-bond donors (Lipinski definition) is 0. The van der Waals surface area contributed by atoms with Crippen LogP contribution in [0.25, 0.3) is 104 Å². The second-order valence-electron chi connectivity index (χ2n) is 13.6. The maximum atomic E-state index is 5.28. The van der Waals surface area contributed by atoms with Crippen molar-refractivity contribution in [3.05, 3.63) is 182 Å². The van der Waals surface area contributed by atoms with E-state index < -0.39 is 0 Å². The first-order chi connectivity index (χ1) is 26.7. The molecular weight excluding hydrogens is 677 g/mol. The number of para-hydroxylation sites is 1. The van der Waals surface area contributed by atoms with Crippen molar-refractivity contribution in [2.45, 2.75) is 0 Å². The average molecular weight is 707 g/mol. The molecule has 0 atom stereocenters. The molecule has 0 saturated heterocycles. The minimum atomic E-state index is 0.629. The van der Waals surface area contributed by atoms with Gasteiger partial charge in [-0.15, -0.1) is 11.3 Å². The van der Waals surface area contributed by atoms with Gasteiger partial charge in [-0.1, -0.05) is 133 Å². The van der Waals surface area contributed by atoms with Gasteiger partial charge in [0.15, 0.2) is 17.5 Å². The van der Waals surface area contributed by atoms with Crippen molar-refractivity contribution in [1.29, 1.82) is 0 Å². The third-order valence-electron chi connectivity index (χ3n) is 10.4. The zero-order valence-corrected chi connectivity index (χ0v) is 29.8. The molecule has 0 aliphatic carbocycles. The summed E-state index contributed by atoms with van der Waals surface area (Å²) in [7, 11) is 0. The SMILES string of the molecule is c1ccc(-c2cccc(-c3nc(-c4cccc(-n5c6ccccc6c6cc7ccccc7cc65)c4)nc(-c4cccc5sc6ccccc6c45)n3)c2)cc1. The van der Waals surface area contributed by atoms with Gasteiger partial charge >= 0.3 is 0 Å². The Bertz CT molecular complexity index is 3230. The summed E-state index contributed by atoms with van der Waals surface area (Å²) in [5.74, 6) is 1.92. The average Bonchev–Trinajstić information content (AvgIpc) is 3.78. The van der Waals surface area contributed by atoms with Crippen LogP contribution >= 0.6 is 11.3 Å². The predicted molar refractivity (Wildman–Crippen MR) is 226 cm³/mol. The van der Waals surface area contributed by atoms with E-state index >= 15 is 0 Å². The summed E-state index contributed by atoms with van der Waals surface area (Å²) in [6.07, 6.45) is 0. The lowest BCUT2D eigenvalue weighted by molar-refractivity contribution is 1.07. The van der Waals surface area contributed by atoms with Crippen molar-refractivity contribution in [2.24, 2.45) is 0 Å². The largest absolute Gasteiger partial charge is 0.309 e. The van der Waals surface area contributed by atoms with Crippen LogP contribution in [0.5, 0.6) is 0 Å². The molecule has 0 fully saturated rings. The third kappa shape index (κ3) is 5.01. The van der Waals surface area contributed by atoms with Crippen LogP contribution in [0.1, 0.15) is 0 Å². The summed E-state index contributed by atoms with van der Waals surface area (Å²) in [5.41, 5.74) is 8.50. The van der Waals surface area contributed by atoms with Gasteiger partial charge in [-0.3, -0.25) is 0 Å². The van der Waals surface area contributed by atoms with Crippen LogP contribution in [0.15, 0.2) is 182 Å². The molecule has 0 radical (unpaired) electrons. The lowest BCUT2D eigenvalue weighted by Gasteiger charge is -2.12. The fourth-order valence-corrected chi connectivity index (χ4v) is 9.03. The quantitative estimate of drug-likeness (QED) is 0.179. The highest BCUT2D eigenvalue weighted by molar-refractivity contribution is 7.25. The molecular formula is C49H30N4S. The number of nitrogens with zero attached hydrogens (tertiary/aromatic N) is 4. The molecule has 0 unspecified atom stereocenters. The third-order valence-corrected chi connectivity index (χ3v) is 11.5. The minimum absolute atomic E-state index is 0.629. The van der Waals surface area contributed by atoms with Gasteiger partial charge in [0.25, 0.3) is 0 Å². The minimum Gasteiger partial charge on any atom is -0.309 e. The first-order valence-corrected chi connectivity index (χ1v) is 18.9. The van der Waals surface area contributed by atoms with Crippen molar-refractivity contribution in [3.8, 4) is 51.0 Å². The van der Waals surface area contributed by atoms with Crippen LogP contribution in [0.2, 0.25) is 0 Å². The molecule has 0 spiro atoms. The van der Waals surface area contributed by atoms with Crippen LogP contribution < -0.4 is 0 Å². The molecule has 252 valence electrons. The molecule has 8 aromatic carbocycles. The number of benzene rings is 8. The lowest BCUT2D eigenvalue weighted by Crippen LogP contribution is -2.01. The van der Waals surface area contributed by atoms with E-state index in [1.807, 2.05) is 6.07 Å².